The van der Waals surface area contributed by atoms with Crippen LogP contribution in [0, 0.1) is 11.8 Å². The summed E-state index contributed by atoms with van der Waals surface area (Å²) in [6.07, 6.45) is 0.856. The smallest absolute Gasteiger partial charge is 0.313 e. The Morgan fingerprint density at radius 1 is 1.15 bits per heavy atom. The first kappa shape index (κ1) is 16.1. The lowest BCUT2D eigenvalue weighted by molar-refractivity contribution is -0.185. The van der Waals surface area contributed by atoms with E-state index in [1.807, 2.05) is 0 Å². The van der Waals surface area contributed by atoms with E-state index in [1.54, 1.807) is 0 Å². The average Bonchev–Trinajstić information content (AvgIpc) is 2.88. The Morgan fingerprint density at radius 3 is 2.50 bits per heavy atom. The fourth-order valence-corrected chi connectivity index (χ4v) is 3.56. The van der Waals surface area contributed by atoms with Crippen molar-refractivity contribution in [2.45, 2.75) is 57.7 Å². The van der Waals surface area contributed by atoms with Crippen molar-refractivity contribution in [1.29, 1.82) is 0 Å². The molecular weight excluding hydrogens is 265 g/mol. The predicted octanol–water partition coefficient (Wildman–Crippen LogP) is 3.43. The van der Waals surface area contributed by atoms with Gasteiger partial charge in [-0.2, -0.15) is 13.2 Å². The van der Waals surface area contributed by atoms with Crippen LogP contribution in [0.25, 0.3) is 0 Å². The summed E-state index contributed by atoms with van der Waals surface area (Å²) in [4.78, 5) is 2.44. The second kappa shape index (κ2) is 7.12. The van der Waals surface area contributed by atoms with Crippen molar-refractivity contribution in [1.82, 2.24) is 10.2 Å². The van der Waals surface area contributed by atoms with E-state index >= 15 is 0 Å². The molecule has 1 aliphatic heterocycles. The summed E-state index contributed by atoms with van der Waals surface area (Å²) in [7, 11) is 0. The molecule has 2 nitrogen and oxygen atoms in total. The Kier molecular flexibility index (Phi) is 5.73. The van der Waals surface area contributed by atoms with Gasteiger partial charge in [-0.1, -0.05) is 6.42 Å². The third-order valence-electron chi connectivity index (χ3n) is 4.73. The SMILES string of the molecule is CC(CN1CCCC1)NCC1CCCC(C(F)(F)F)C1. The number of halogens is 3. The van der Waals surface area contributed by atoms with Crippen molar-refractivity contribution in [3.8, 4) is 0 Å². The summed E-state index contributed by atoms with van der Waals surface area (Å²) in [6.45, 7) is 6.25. The molecule has 20 heavy (non-hydrogen) atoms. The molecule has 0 radical (unpaired) electrons. The largest absolute Gasteiger partial charge is 0.391 e. The molecule has 0 aromatic rings. The lowest BCUT2D eigenvalue weighted by Crippen LogP contribution is -2.41. The molecule has 0 aromatic carbocycles. The van der Waals surface area contributed by atoms with Crippen molar-refractivity contribution < 1.29 is 13.2 Å². The fourth-order valence-electron chi connectivity index (χ4n) is 3.56. The van der Waals surface area contributed by atoms with E-state index in [0.717, 1.165) is 25.9 Å². The molecule has 1 saturated carbocycles. The van der Waals surface area contributed by atoms with E-state index in [4.69, 9.17) is 0 Å². The molecular formula is C15H27F3N2. The van der Waals surface area contributed by atoms with E-state index in [9.17, 15) is 13.2 Å². The maximum Gasteiger partial charge on any atom is 0.391 e. The number of alkyl halides is 3. The lowest BCUT2D eigenvalue weighted by Gasteiger charge is -2.31. The van der Waals surface area contributed by atoms with Gasteiger partial charge in [-0.25, -0.2) is 0 Å². The van der Waals surface area contributed by atoms with Gasteiger partial charge in [0.25, 0.3) is 0 Å². The van der Waals surface area contributed by atoms with Gasteiger partial charge in [0.15, 0.2) is 0 Å². The maximum absolute atomic E-state index is 12.8. The van der Waals surface area contributed by atoms with Crippen molar-refractivity contribution >= 4 is 0 Å². The van der Waals surface area contributed by atoms with Gasteiger partial charge in [0, 0.05) is 12.6 Å². The molecule has 3 atom stereocenters. The van der Waals surface area contributed by atoms with Crippen LogP contribution >= 0.6 is 0 Å². The molecule has 0 spiro atoms. The summed E-state index contributed by atoms with van der Waals surface area (Å²) in [5.74, 6) is -0.881. The Labute approximate surface area is 120 Å². The Bertz CT molecular complexity index is 287. The first-order chi connectivity index (χ1) is 9.45. The Morgan fingerprint density at radius 2 is 1.85 bits per heavy atom. The zero-order valence-corrected chi connectivity index (χ0v) is 12.4. The molecule has 1 N–H and O–H groups in total. The summed E-state index contributed by atoms with van der Waals surface area (Å²) >= 11 is 0. The zero-order valence-electron chi connectivity index (χ0n) is 12.4. The zero-order chi connectivity index (χ0) is 14.6. The topological polar surface area (TPSA) is 15.3 Å². The molecule has 0 amide bonds. The van der Waals surface area contributed by atoms with Crippen LogP contribution in [0.5, 0.6) is 0 Å². The molecule has 1 saturated heterocycles. The van der Waals surface area contributed by atoms with Crippen molar-refractivity contribution in [3.63, 3.8) is 0 Å². The van der Waals surface area contributed by atoms with Crippen LogP contribution in [0.4, 0.5) is 13.2 Å². The summed E-state index contributed by atoms with van der Waals surface area (Å²) < 4.78 is 38.3. The maximum atomic E-state index is 12.8. The standard InChI is InChI=1S/C15H27F3N2/c1-12(11-20-7-2-3-8-20)19-10-13-5-4-6-14(9-13)15(16,17)18/h12-14,19H,2-11H2,1H3. The minimum atomic E-state index is -4.00. The predicted molar refractivity (Wildman–Crippen MR) is 74.6 cm³/mol. The molecule has 2 fully saturated rings. The van der Waals surface area contributed by atoms with Gasteiger partial charge in [0.1, 0.15) is 0 Å². The Hall–Kier alpha value is -0.290. The minimum absolute atomic E-state index is 0.191. The van der Waals surface area contributed by atoms with Gasteiger partial charge in [-0.05, 0) is 64.6 Å². The number of likely N-dealkylation sites (tertiary alicyclic amines) is 1. The van der Waals surface area contributed by atoms with Crippen LogP contribution in [0.3, 0.4) is 0 Å². The number of hydrogen-bond donors (Lipinski definition) is 1. The number of hydrogen-bond acceptors (Lipinski definition) is 2. The van der Waals surface area contributed by atoms with Crippen molar-refractivity contribution in [2.24, 2.45) is 11.8 Å². The van der Waals surface area contributed by atoms with E-state index in [1.165, 1.54) is 25.9 Å². The van der Waals surface area contributed by atoms with Gasteiger partial charge in [-0.15, -0.1) is 0 Å². The normalized spacial score (nSPS) is 30.6. The van der Waals surface area contributed by atoms with Crippen molar-refractivity contribution in [3.05, 3.63) is 0 Å². The molecule has 1 aliphatic carbocycles. The van der Waals surface area contributed by atoms with Gasteiger partial charge in [0.05, 0.1) is 5.92 Å². The summed E-state index contributed by atoms with van der Waals surface area (Å²) in [5, 5.41) is 3.44. The fraction of sp³-hybridized carbons (Fsp3) is 1.00. The highest BCUT2D eigenvalue weighted by Gasteiger charge is 2.41. The lowest BCUT2D eigenvalue weighted by atomic mass is 9.81. The minimum Gasteiger partial charge on any atom is -0.313 e. The Balaban J connectivity index is 1.67. The van der Waals surface area contributed by atoms with Gasteiger partial charge in [0.2, 0.25) is 0 Å². The number of nitrogens with zero attached hydrogens (tertiary/aromatic N) is 1. The first-order valence-electron chi connectivity index (χ1n) is 7.97. The van der Waals surface area contributed by atoms with Crippen molar-refractivity contribution in [2.75, 3.05) is 26.2 Å². The highest BCUT2D eigenvalue weighted by atomic mass is 19.4. The third-order valence-corrected chi connectivity index (χ3v) is 4.73. The molecule has 118 valence electrons. The highest BCUT2D eigenvalue weighted by molar-refractivity contribution is 4.80. The van der Waals surface area contributed by atoms with Crippen LogP contribution in [-0.4, -0.2) is 43.3 Å². The number of rotatable bonds is 5. The van der Waals surface area contributed by atoms with Crippen LogP contribution in [0.1, 0.15) is 45.4 Å². The summed E-state index contributed by atoms with van der Waals surface area (Å²) in [6, 6.07) is 0.374. The van der Waals surface area contributed by atoms with E-state index in [2.05, 4.69) is 17.1 Å². The molecule has 2 rings (SSSR count). The van der Waals surface area contributed by atoms with E-state index < -0.39 is 12.1 Å². The average molecular weight is 292 g/mol. The third kappa shape index (κ3) is 4.92. The van der Waals surface area contributed by atoms with Crippen LogP contribution in [0.15, 0.2) is 0 Å². The molecule has 3 unspecified atom stereocenters. The molecule has 2 aliphatic rings. The molecule has 0 aromatic heterocycles. The monoisotopic (exact) mass is 292 g/mol. The molecule has 0 bridgehead atoms. The quantitative estimate of drug-likeness (QED) is 0.835. The van der Waals surface area contributed by atoms with E-state index in [-0.39, 0.29) is 5.92 Å². The highest BCUT2D eigenvalue weighted by Crippen LogP contribution is 2.39. The second-order valence-corrected chi connectivity index (χ2v) is 6.59. The van der Waals surface area contributed by atoms with Crippen LogP contribution in [-0.2, 0) is 0 Å². The van der Waals surface area contributed by atoms with Gasteiger partial charge < -0.3 is 10.2 Å². The van der Waals surface area contributed by atoms with Gasteiger partial charge in [-0.3, -0.25) is 0 Å². The van der Waals surface area contributed by atoms with Gasteiger partial charge >= 0.3 is 6.18 Å². The first-order valence-corrected chi connectivity index (χ1v) is 7.97. The second-order valence-electron chi connectivity index (χ2n) is 6.59. The van der Waals surface area contributed by atoms with Crippen LogP contribution < -0.4 is 5.32 Å². The summed E-state index contributed by atoms with van der Waals surface area (Å²) in [5.41, 5.74) is 0. The molecule has 5 heteroatoms. The number of nitrogens with one attached hydrogen (secondary N) is 1. The van der Waals surface area contributed by atoms with E-state index in [0.29, 0.717) is 18.9 Å². The van der Waals surface area contributed by atoms with Crippen LogP contribution in [0.2, 0.25) is 0 Å². The molecule has 1 heterocycles.